The summed E-state index contributed by atoms with van der Waals surface area (Å²) in [6.07, 6.45) is 28.1. The van der Waals surface area contributed by atoms with E-state index in [0.29, 0.717) is 38.7 Å². The molecule has 11 heterocycles. The van der Waals surface area contributed by atoms with E-state index < -0.39 is 4.92 Å². The van der Waals surface area contributed by atoms with E-state index in [9.17, 15) is 14.9 Å². The van der Waals surface area contributed by atoms with Gasteiger partial charge in [-0.15, -0.1) is 20.4 Å². The van der Waals surface area contributed by atoms with Crippen molar-refractivity contribution in [1.29, 1.82) is 0 Å². The largest absolute Gasteiger partial charge is 0.399 e. The van der Waals surface area contributed by atoms with E-state index in [4.69, 9.17) is 18.0 Å². The Balaban J connectivity index is 0.000000134. The SMILES string of the molecule is CSc1n[nH]c(-c2ccncc2)n1.CSc1nc(-c2ccncc2)nn1-c1ccc(N)cc1.CSc1nc(-c2ccncc2)nn1-c1ccc(NC(=O)c2cccnc2)cc1.CSc1nc(-c2ccncc2)nn1-c1ccc([N+](=O)[O-])cc1.S=c1nc(-c2ccncc2)[nH][nH]1. The summed E-state index contributed by atoms with van der Waals surface area (Å²) < 4.78 is 5.73. The van der Waals surface area contributed by atoms with Crippen LogP contribution in [0.15, 0.2) is 241 Å². The van der Waals surface area contributed by atoms with Gasteiger partial charge >= 0.3 is 0 Å². The number of nitrogens with zero attached hydrogens (tertiary/aromatic N) is 19. The minimum Gasteiger partial charge on any atom is -0.399 e. The number of hydrogen-bond acceptors (Lipinski definition) is 24. The van der Waals surface area contributed by atoms with E-state index in [1.165, 1.54) is 53.6 Å². The van der Waals surface area contributed by atoms with Crippen LogP contribution in [-0.2, 0) is 0 Å². The second kappa shape index (κ2) is 33.2. The zero-order chi connectivity index (χ0) is 66.3. The maximum absolute atomic E-state index is 12.2. The Morgan fingerprint density at radius 3 is 1.26 bits per heavy atom. The molecular weight excluding hydrogens is 1300 g/mol. The minimum absolute atomic E-state index is 0.0453. The number of carbonyl (C=O) groups excluding carboxylic acids is 1. The second-order valence-corrected chi connectivity index (χ2v) is 22.5. The first-order valence-corrected chi connectivity index (χ1v) is 33.4. The van der Waals surface area contributed by atoms with Crippen LogP contribution in [0.3, 0.4) is 0 Å². The van der Waals surface area contributed by atoms with Crippen molar-refractivity contribution >= 4 is 82.2 Å². The molecule has 1 amide bonds. The average Bonchev–Trinajstić information content (AvgIpc) is 1.73. The van der Waals surface area contributed by atoms with E-state index in [-0.39, 0.29) is 11.6 Å². The van der Waals surface area contributed by atoms with Crippen molar-refractivity contribution in [2.75, 3.05) is 36.1 Å². The third-order valence-corrected chi connectivity index (χ3v) is 15.5. The van der Waals surface area contributed by atoms with Gasteiger partial charge in [0, 0.05) is 126 Å². The molecule has 0 saturated heterocycles. The van der Waals surface area contributed by atoms with Crippen LogP contribution in [0.4, 0.5) is 17.1 Å². The number of nitrogens with two attached hydrogens (primary N) is 1. The summed E-state index contributed by atoms with van der Waals surface area (Å²) >= 11 is 10.9. The van der Waals surface area contributed by atoms with Gasteiger partial charge in [-0.1, -0.05) is 47.0 Å². The van der Waals surface area contributed by atoms with E-state index >= 15 is 0 Å². The molecule has 0 atom stereocenters. The number of rotatable bonds is 15. The van der Waals surface area contributed by atoms with Crippen LogP contribution in [0.25, 0.3) is 74.0 Å². The number of pyridine rings is 6. The first kappa shape index (κ1) is 66.5. The molecule has 0 unspecified atom stereocenters. The quantitative estimate of drug-likeness (QED) is 0.0209. The standard InChI is InChI=1S/C20H16N6OS.C14H11N5O2S.C14H13N5S.C8H8N4S.C7H6N4S/c1-28-20-24-18(14-8-11-21-12-9-14)25-26(20)17-6-4-16(5-7-17)23-19(27)15-3-2-10-22-13-15;1-22-14-16-13(10-6-8-15-9-7-10)17-18(14)11-2-4-12(5-3-11)19(20)21;1-20-14-17-13(10-6-8-16-9-7-10)18-19(14)12-4-2-11(15)3-5-12;1-13-8-10-7(11-12-8)6-2-4-9-5-3-6;12-7-9-6(10-11-7)5-1-3-8-4-2-5/h2-13H,1H3,(H,23,27);2-9H,1H3;2-9H,15H2,1H3;2-5H,1H3,(H,10,11,12);1-4H,(H2,9,10,11,12). The van der Waals surface area contributed by atoms with Gasteiger partial charge in [0.25, 0.3) is 11.6 Å². The van der Waals surface area contributed by atoms with Gasteiger partial charge in [-0.05, 0) is 171 Å². The fraction of sp³-hybridized carbons (Fsp3) is 0.0635. The predicted octanol–water partition coefficient (Wildman–Crippen LogP) is 12.4. The fourth-order valence-electron chi connectivity index (χ4n) is 8.27. The summed E-state index contributed by atoms with van der Waals surface area (Å²) in [5.41, 5.74) is 14.9. The van der Waals surface area contributed by atoms with E-state index in [1.807, 2.05) is 139 Å². The molecule has 32 heteroatoms. The molecule has 6 N–H and O–H groups in total. The summed E-state index contributed by atoms with van der Waals surface area (Å²) in [6, 6.07) is 43.4. The summed E-state index contributed by atoms with van der Waals surface area (Å²) in [4.78, 5) is 68.3. The average molecular weight is 1360 g/mol. The van der Waals surface area contributed by atoms with Gasteiger partial charge in [-0.25, -0.2) is 34.0 Å². The zero-order valence-corrected chi connectivity index (χ0v) is 54.7. The monoisotopic (exact) mass is 1350 g/mol. The minimum atomic E-state index is -0.428. The zero-order valence-electron chi connectivity index (χ0n) is 50.6. The Morgan fingerprint density at radius 2 is 0.895 bits per heavy atom. The number of thioether (sulfide) groups is 4. The number of non-ortho nitro benzene ring substituents is 1. The topological polar surface area (TPSA) is 354 Å². The molecule has 27 nitrogen and oxygen atoms in total. The van der Waals surface area contributed by atoms with Crippen molar-refractivity contribution in [3.8, 4) is 74.0 Å². The number of nitro groups is 1. The molecule has 0 bridgehead atoms. The Bertz CT molecular complexity index is 4760. The molecule has 0 aliphatic carbocycles. The van der Waals surface area contributed by atoms with Crippen molar-refractivity contribution in [2.45, 2.75) is 20.6 Å². The highest BCUT2D eigenvalue weighted by molar-refractivity contribution is 7.99. The van der Waals surface area contributed by atoms with Crippen molar-refractivity contribution in [2.24, 2.45) is 0 Å². The molecule has 14 rings (SSSR count). The number of benzene rings is 3. The highest BCUT2D eigenvalue weighted by atomic mass is 32.2. The number of H-pyrrole nitrogens is 3. The first-order chi connectivity index (χ1) is 46.5. The number of nitro benzene ring substituents is 1. The smallest absolute Gasteiger partial charge is 0.269 e. The van der Waals surface area contributed by atoms with Crippen molar-refractivity contribution < 1.29 is 9.72 Å². The molecule has 3 aromatic carbocycles. The van der Waals surface area contributed by atoms with Crippen LogP contribution in [0, 0.1) is 14.9 Å². The summed E-state index contributed by atoms with van der Waals surface area (Å²) in [5, 5.41) is 42.8. The van der Waals surface area contributed by atoms with Gasteiger partial charge in [0.15, 0.2) is 44.6 Å². The molecule has 0 spiro atoms. The highest BCUT2D eigenvalue weighted by Crippen LogP contribution is 2.28. The maximum Gasteiger partial charge on any atom is 0.269 e. The lowest BCUT2D eigenvalue weighted by atomic mass is 10.2. The number of carbonyl (C=O) groups is 1. The third-order valence-electron chi connectivity index (χ3n) is 12.9. The Labute approximate surface area is 564 Å². The van der Waals surface area contributed by atoms with Gasteiger partial charge in [0.2, 0.25) is 9.93 Å². The molecule has 11 aromatic heterocycles. The van der Waals surface area contributed by atoms with Crippen LogP contribution >= 0.6 is 59.3 Å². The molecule has 95 heavy (non-hydrogen) atoms. The molecule has 0 aliphatic heterocycles. The second-order valence-electron chi connectivity index (χ2n) is 19.0. The van der Waals surface area contributed by atoms with Gasteiger partial charge in [-0.2, -0.15) is 4.98 Å². The predicted molar refractivity (Wildman–Crippen MR) is 371 cm³/mol. The summed E-state index contributed by atoms with van der Waals surface area (Å²) in [5.74, 6) is 3.24. The first-order valence-electron chi connectivity index (χ1n) is 28.1. The highest BCUT2D eigenvalue weighted by Gasteiger charge is 2.17. The third kappa shape index (κ3) is 18.0. The van der Waals surface area contributed by atoms with Crippen molar-refractivity contribution in [3.63, 3.8) is 0 Å². The molecule has 474 valence electrons. The normalized spacial score (nSPS) is 10.5. The van der Waals surface area contributed by atoms with Crippen LogP contribution < -0.4 is 11.1 Å². The number of amides is 1. The van der Waals surface area contributed by atoms with Crippen LogP contribution in [0.2, 0.25) is 0 Å². The van der Waals surface area contributed by atoms with E-state index in [1.54, 1.807) is 114 Å². The Hall–Kier alpha value is -11.5. The fourth-order valence-corrected chi connectivity index (χ4v) is 10.2. The molecule has 0 fully saturated rings. The van der Waals surface area contributed by atoms with Gasteiger partial charge in [0.1, 0.15) is 0 Å². The summed E-state index contributed by atoms with van der Waals surface area (Å²) in [7, 11) is 0. The summed E-state index contributed by atoms with van der Waals surface area (Å²) in [6.45, 7) is 0. The number of nitrogen functional groups attached to an aromatic ring is 1. The lowest BCUT2D eigenvalue weighted by Gasteiger charge is -2.07. The van der Waals surface area contributed by atoms with Crippen LogP contribution in [0.1, 0.15) is 10.4 Å². The molecule has 0 aliphatic rings. The van der Waals surface area contributed by atoms with Crippen molar-refractivity contribution in [3.05, 3.63) is 240 Å². The molecular formula is C63H54N24O3S5. The lowest BCUT2D eigenvalue weighted by Crippen LogP contribution is -2.12. The van der Waals surface area contributed by atoms with Crippen LogP contribution in [0.5, 0.6) is 0 Å². The van der Waals surface area contributed by atoms with Gasteiger partial charge in [-0.3, -0.25) is 60.1 Å². The number of anilines is 2. The van der Waals surface area contributed by atoms with Gasteiger partial charge < -0.3 is 11.1 Å². The number of hydrogen-bond donors (Lipinski definition) is 5. The maximum atomic E-state index is 12.2. The molecule has 14 aromatic rings. The van der Waals surface area contributed by atoms with Crippen LogP contribution in [-0.4, -0.2) is 140 Å². The molecule has 0 saturated carbocycles. The number of aromatic nitrogens is 21. The van der Waals surface area contributed by atoms with Crippen molar-refractivity contribution in [1.82, 2.24) is 105 Å². The van der Waals surface area contributed by atoms with E-state index in [2.05, 4.69) is 95.8 Å². The Kier molecular flexibility index (Phi) is 23.2. The van der Waals surface area contributed by atoms with E-state index in [0.717, 1.165) is 77.7 Å². The van der Waals surface area contributed by atoms with Gasteiger partial charge in [0.05, 0.1) is 27.5 Å². The Morgan fingerprint density at radius 1 is 0.484 bits per heavy atom. The number of aromatic amines is 3. The molecule has 0 radical (unpaired) electrons. The lowest BCUT2D eigenvalue weighted by molar-refractivity contribution is -0.384. The number of nitrogens with one attached hydrogen (secondary N) is 4.